The highest BCUT2D eigenvalue weighted by Gasteiger charge is 2.34. The fourth-order valence-electron chi connectivity index (χ4n) is 3.73. The van der Waals surface area contributed by atoms with E-state index in [2.05, 4.69) is 21.6 Å². The number of pyridine rings is 1. The molecule has 0 saturated heterocycles. The predicted molar refractivity (Wildman–Crippen MR) is 119 cm³/mol. The van der Waals surface area contributed by atoms with Crippen molar-refractivity contribution in [3.8, 4) is 5.75 Å². The first-order valence-corrected chi connectivity index (χ1v) is 10.3. The molecule has 0 fully saturated rings. The molecule has 4 rings (SSSR count). The molecule has 174 valence electrons. The molecule has 0 radical (unpaired) electrons. The largest absolute Gasteiger partial charge is 0.497 e. The average Bonchev–Trinajstić information content (AvgIpc) is 3.41. The van der Waals surface area contributed by atoms with Crippen LogP contribution in [-0.4, -0.2) is 54.3 Å². The number of esters is 1. The average molecular weight is 463 g/mol. The summed E-state index contributed by atoms with van der Waals surface area (Å²) < 4.78 is 15.7. The van der Waals surface area contributed by atoms with E-state index in [1.807, 2.05) is 0 Å². The zero-order valence-electron chi connectivity index (χ0n) is 18.5. The van der Waals surface area contributed by atoms with Gasteiger partial charge in [-0.15, -0.1) is 0 Å². The number of rotatable bonds is 7. The summed E-state index contributed by atoms with van der Waals surface area (Å²) in [5, 5.41) is 2.23. The van der Waals surface area contributed by atoms with Crippen molar-refractivity contribution in [3.63, 3.8) is 0 Å². The molecule has 2 aromatic heterocycles. The number of ether oxygens (including phenoxy) is 2. The molecular formula is C24H21N3O7. The van der Waals surface area contributed by atoms with E-state index >= 15 is 0 Å². The second kappa shape index (κ2) is 9.18. The normalized spacial score (nSPS) is 13.4. The van der Waals surface area contributed by atoms with Gasteiger partial charge in [0, 0.05) is 24.7 Å². The number of carbonyl (C=O) groups excluding carboxylic acids is 4. The van der Waals surface area contributed by atoms with Crippen molar-refractivity contribution < 1.29 is 33.1 Å². The first kappa shape index (κ1) is 22.7. The number of carbonyl (C=O) groups is 4. The third-order valence-electron chi connectivity index (χ3n) is 5.48. The van der Waals surface area contributed by atoms with Gasteiger partial charge in [0.15, 0.2) is 5.58 Å². The van der Waals surface area contributed by atoms with Gasteiger partial charge in [-0.05, 0) is 35.9 Å². The molecule has 0 aliphatic carbocycles. The van der Waals surface area contributed by atoms with Crippen molar-refractivity contribution in [1.29, 1.82) is 0 Å². The summed E-state index contributed by atoms with van der Waals surface area (Å²) in [4.78, 5) is 55.3. The second-order valence-electron chi connectivity index (χ2n) is 7.54. The van der Waals surface area contributed by atoms with E-state index in [1.165, 1.54) is 37.3 Å². The van der Waals surface area contributed by atoms with Crippen LogP contribution in [-0.2, 0) is 20.9 Å². The minimum Gasteiger partial charge on any atom is -0.497 e. The van der Waals surface area contributed by atoms with Crippen molar-refractivity contribution >= 4 is 34.8 Å². The Morgan fingerprint density at radius 3 is 2.74 bits per heavy atom. The molecule has 10 nitrogen and oxygen atoms in total. The van der Waals surface area contributed by atoms with E-state index in [0.717, 1.165) is 11.6 Å². The summed E-state index contributed by atoms with van der Waals surface area (Å²) in [6.45, 7) is 3.58. The van der Waals surface area contributed by atoms with Gasteiger partial charge >= 0.3 is 5.97 Å². The fourth-order valence-corrected chi connectivity index (χ4v) is 3.73. The Morgan fingerprint density at radius 2 is 2.03 bits per heavy atom. The van der Waals surface area contributed by atoms with Crippen LogP contribution in [0.15, 0.2) is 53.5 Å². The smallest absolute Gasteiger partial charge is 0.356 e. The number of nitrogens with zero attached hydrogens (tertiary/aromatic N) is 2. The molecule has 3 heterocycles. The lowest BCUT2D eigenvalue weighted by Crippen LogP contribution is -2.39. The molecule has 0 spiro atoms. The minimum atomic E-state index is -1.03. The van der Waals surface area contributed by atoms with Crippen LogP contribution in [0.1, 0.15) is 38.1 Å². The SMILES string of the molecule is C=CC(=O)NC(=O)C(CN1Cc2ccc(OC)cc2C1=O)c1cc2nc(C(=O)OC)ccc2o1. The maximum Gasteiger partial charge on any atom is 0.356 e. The predicted octanol–water partition coefficient (Wildman–Crippen LogP) is 2.19. The van der Waals surface area contributed by atoms with E-state index in [9.17, 15) is 19.2 Å². The van der Waals surface area contributed by atoms with E-state index < -0.39 is 23.7 Å². The number of aromatic nitrogens is 1. The molecule has 34 heavy (non-hydrogen) atoms. The molecule has 1 aliphatic heterocycles. The maximum absolute atomic E-state index is 13.0. The summed E-state index contributed by atoms with van der Waals surface area (Å²) in [6.07, 6.45) is 0.973. The quantitative estimate of drug-likeness (QED) is 0.417. The van der Waals surface area contributed by atoms with Gasteiger partial charge in [-0.2, -0.15) is 0 Å². The summed E-state index contributed by atoms with van der Waals surface area (Å²) in [7, 11) is 2.75. The van der Waals surface area contributed by atoms with Gasteiger partial charge in [0.25, 0.3) is 5.91 Å². The van der Waals surface area contributed by atoms with Gasteiger partial charge in [-0.1, -0.05) is 12.6 Å². The van der Waals surface area contributed by atoms with Crippen molar-refractivity contribution in [3.05, 3.63) is 71.6 Å². The third-order valence-corrected chi connectivity index (χ3v) is 5.48. The van der Waals surface area contributed by atoms with Crippen LogP contribution in [0, 0.1) is 0 Å². The number of benzene rings is 1. The lowest BCUT2D eigenvalue weighted by Gasteiger charge is -2.21. The van der Waals surface area contributed by atoms with Crippen molar-refractivity contribution in [2.75, 3.05) is 20.8 Å². The maximum atomic E-state index is 13.0. The first-order valence-electron chi connectivity index (χ1n) is 10.3. The summed E-state index contributed by atoms with van der Waals surface area (Å²) >= 11 is 0. The molecule has 3 aromatic rings. The molecule has 0 bridgehead atoms. The van der Waals surface area contributed by atoms with Gasteiger partial charge in [0.1, 0.15) is 28.6 Å². The monoisotopic (exact) mass is 463 g/mol. The molecule has 3 amide bonds. The number of furan rings is 1. The van der Waals surface area contributed by atoms with Gasteiger partial charge < -0.3 is 18.8 Å². The van der Waals surface area contributed by atoms with E-state index in [-0.39, 0.29) is 30.5 Å². The summed E-state index contributed by atoms with van der Waals surface area (Å²) in [5.74, 6) is -2.54. The lowest BCUT2D eigenvalue weighted by atomic mass is 10.0. The fraction of sp³-hybridized carbons (Fsp3) is 0.208. The van der Waals surface area contributed by atoms with Gasteiger partial charge in [0.2, 0.25) is 11.8 Å². The van der Waals surface area contributed by atoms with Gasteiger partial charge in [-0.25, -0.2) is 9.78 Å². The van der Waals surface area contributed by atoms with Crippen LogP contribution in [0.5, 0.6) is 5.75 Å². The van der Waals surface area contributed by atoms with Crippen LogP contribution in [0.4, 0.5) is 0 Å². The Morgan fingerprint density at radius 1 is 1.24 bits per heavy atom. The van der Waals surface area contributed by atoms with E-state index in [1.54, 1.807) is 18.2 Å². The molecule has 1 atom stereocenters. The second-order valence-corrected chi connectivity index (χ2v) is 7.54. The van der Waals surface area contributed by atoms with Crippen LogP contribution in [0.2, 0.25) is 0 Å². The topological polar surface area (TPSA) is 128 Å². The number of amides is 3. The first-order chi connectivity index (χ1) is 16.3. The Bertz CT molecular complexity index is 1330. The Hall–Kier alpha value is -4.47. The summed E-state index contributed by atoms with van der Waals surface area (Å²) in [6, 6.07) is 9.67. The highest BCUT2D eigenvalue weighted by atomic mass is 16.5. The van der Waals surface area contributed by atoms with E-state index in [4.69, 9.17) is 9.15 Å². The number of hydrogen-bond donors (Lipinski definition) is 1. The highest BCUT2D eigenvalue weighted by Crippen LogP contribution is 2.31. The van der Waals surface area contributed by atoms with Crippen molar-refractivity contribution in [1.82, 2.24) is 15.2 Å². The number of methoxy groups -OCH3 is 2. The highest BCUT2D eigenvalue weighted by molar-refractivity contribution is 6.04. The van der Waals surface area contributed by atoms with Crippen LogP contribution < -0.4 is 10.1 Å². The molecule has 10 heteroatoms. The summed E-state index contributed by atoms with van der Waals surface area (Å²) in [5.41, 5.74) is 2.00. The van der Waals surface area contributed by atoms with Gasteiger partial charge in [-0.3, -0.25) is 19.7 Å². The molecule has 1 N–H and O–H groups in total. The molecule has 1 aliphatic rings. The van der Waals surface area contributed by atoms with Gasteiger partial charge in [0.05, 0.1) is 14.2 Å². The number of hydrogen-bond acceptors (Lipinski definition) is 8. The van der Waals surface area contributed by atoms with Crippen LogP contribution >= 0.6 is 0 Å². The van der Waals surface area contributed by atoms with Crippen LogP contribution in [0.25, 0.3) is 11.1 Å². The molecule has 1 unspecified atom stereocenters. The van der Waals surface area contributed by atoms with E-state index in [0.29, 0.717) is 22.4 Å². The number of fused-ring (bicyclic) bond motifs is 2. The Balaban J connectivity index is 1.67. The third kappa shape index (κ3) is 4.25. The molecule has 1 aromatic carbocycles. The van der Waals surface area contributed by atoms with Crippen molar-refractivity contribution in [2.24, 2.45) is 0 Å². The van der Waals surface area contributed by atoms with Crippen molar-refractivity contribution in [2.45, 2.75) is 12.5 Å². The minimum absolute atomic E-state index is 0.0598. The standard InChI is InChI=1S/C24H21N3O7/c1-4-21(28)26-22(29)16(12-27-11-13-5-6-14(32-2)9-15(13)23(27)30)20-10-18-19(34-20)8-7-17(25-18)24(31)33-3/h4-10,16H,1,11-12H2,2-3H3,(H,26,28,29). The Kier molecular flexibility index (Phi) is 6.13. The van der Waals surface area contributed by atoms with Crippen LogP contribution in [0.3, 0.4) is 0 Å². The Labute approximate surface area is 194 Å². The molecule has 0 saturated carbocycles. The number of nitrogens with one attached hydrogen (secondary N) is 1. The zero-order valence-corrected chi connectivity index (χ0v) is 18.5. The molecular weight excluding hydrogens is 442 g/mol. The lowest BCUT2D eigenvalue weighted by molar-refractivity contribution is -0.129. The number of imide groups is 1. The zero-order chi connectivity index (χ0) is 24.4.